The van der Waals surface area contributed by atoms with E-state index in [0.717, 1.165) is 5.56 Å². The second-order valence-corrected chi connectivity index (χ2v) is 5.37. The maximum atomic E-state index is 10.9. The Balaban J connectivity index is 2.87. The van der Waals surface area contributed by atoms with Gasteiger partial charge in [0.15, 0.2) is 5.84 Å². The quantitative estimate of drug-likeness (QED) is 0.242. The topological polar surface area (TPSA) is 126 Å². The summed E-state index contributed by atoms with van der Waals surface area (Å²) in [5.74, 6) is -1.46. The van der Waals surface area contributed by atoms with E-state index in [1.807, 2.05) is 0 Å². The summed E-state index contributed by atoms with van der Waals surface area (Å²) in [6.07, 6.45) is -0.996. The fourth-order valence-corrected chi connectivity index (χ4v) is 1.70. The first kappa shape index (κ1) is 19.0. The Labute approximate surface area is 138 Å². The minimum absolute atomic E-state index is 0.0981. The van der Waals surface area contributed by atoms with Crippen molar-refractivity contribution in [3.63, 3.8) is 0 Å². The van der Waals surface area contributed by atoms with Crippen molar-refractivity contribution < 1.29 is 24.6 Å². The van der Waals surface area contributed by atoms with E-state index in [-0.39, 0.29) is 12.3 Å². The molecule has 1 amide bonds. The summed E-state index contributed by atoms with van der Waals surface area (Å²) < 4.78 is 4.94. The van der Waals surface area contributed by atoms with Crippen LogP contribution in [0.4, 0.5) is 4.79 Å². The average molecular weight is 346 g/mol. The molecule has 0 fully saturated rings. The summed E-state index contributed by atoms with van der Waals surface area (Å²) in [5, 5.41) is 24.6. The average Bonchev–Trinajstić information content (AvgIpc) is 2.53. The third-order valence-electron chi connectivity index (χ3n) is 3.07. The molecule has 1 aromatic carbocycles. The van der Waals surface area contributed by atoms with E-state index in [1.165, 1.54) is 14.0 Å². The Morgan fingerprint density at radius 1 is 1.48 bits per heavy atom. The van der Waals surface area contributed by atoms with Crippen LogP contribution < -0.4 is 11.1 Å². The summed E-state index contributed by atoms with van der Waals surface area (Å²) >= 11 is 5.81. The van der Waals surface area contributed by atoms with Crippen molar-refractivity contribution in [2.24, 2.45) is 10.9 Å². The van der Waals surface area contributed by atoms with E-state index in [1.54, 1.807) is 24.3 Å². The molecule has 8 nitrogen and oxygen atoms in total. The number of halogens is 1. The van der Waals surface area contributed by atoms with Crippen LogP contribution in [0.15, 0.2) is 29.4 Å². The molecule has 0 aromatic heterocycles. The number of nitrogens with zero attached hydrogens (tertiary/aromatic N) is 1. The molecule has 1 aromatic rings. The first-order valence-corrected chi connectivity index (χ1v) is 7.09. The Bertz CT molecular complexity index is 546. The van der Waals surface area contributed by atoms with E-state index in [2.05, 4.69) is 10.5 Å². The predicted molar refractivity (Wildman–Crippen MR) is 85.3 cm³/mol. The molecule has 128 valence electrons. The molecule has 0 spiro atoms. The molecule has 0 aliphatic rings. The molecule has 23 heavy (non-hydrogen) atoms. The van der Waals surface area contributed by atoms with Gasteiger partial charge in [-0.05, 0) is 17.7 Å². The standard InChI is InChI=1S/C14H20ClN3O5/c1-14(8-19,22-2)23-18-12(16)11(17-13(20)21)7-9-3-5-10(15)6-4-9/h3-6,11,17,19H,7-8H2,1-2H3,(H2,16,18)(H,20,21). The molecule has 0 saturated carbocycles. The summed E-state index contributed by atoms with van der Waals surface area (Å²) in [6, 6.07) is 6.06. The number of amidine groups is 1. The van der Waals surface area contributed by atoms with Gasteiger partial charge < -0.3 is 30.8 Å². The van der Waals surface area contributed by atoms with Crippen molar-refractivity contribution in [3.8, 4) is 0 Å². The highest BCUT2D eigenvalue weighted by Crippen LogP contribution is 2.13. The number of ether oxygens (including phenoxy) is 1. The number of nitrogens with two attached hydrogens (primary N) is 1. The zero-order valence-corrected chi connectivity index (χ0v) is 13.6. The van der Waals surface area contributed by atoms with Gasteiger partial charge in [-0.25, -0.2) is 4.79 Å². The molecule has 2 atom stereocenters. The van der Waals surface area contributed by atoms with E-state index < -0.39 is 24.5 Å². The Morgan fingerprint density at radius 2 is 2.09 bits per heavy atom. The van der Waals surface area contributed by atoms with Gasteiger partial charge in [0.1, 0.15) is 6.61 Å². The van der Waals surface area contributed by atoms with Crippen LogP contribution in [-0.4, -0.2) is 47.7 Å². The SMILES string of the molecule is COC(C)(CO)O/N=C(\N)C(Cc1ccc(Cl)cc1)NC(=O)O. The van der Waals surface area contributed by atoms with Crippen molar-refractivity contribution in [2.45, 2.75) is 25.2 Å². The lowest BCUT2D eigenvalue weighted by molar-refractivity contribution is -0.229. The smallest absolute Gasteiger partial charge is 0.405 e. The summed E-state index contributed by atoms with van der Waals surface area (Å²) in [5.41, 5.74) is 6.60. The van der Waals surface area contributed by atoms with Crippen LogP contribution in [0.2, 0.25) is 5.02 Å². The first-order chi connectivity index (χ1) is 10.8. The maximum Gasteiger partial charge on any atom is 0.405 e. The molecule has 2 unspecified atom stereocenters. The fraction of sp³-hybridized carbons (Fsp3) is 0.429. The van der Waals surface area contributed by atoms with Crippen molar-refractivity contribution in [2.75, 3.05) is 13.7 Å². The van der Waals surface area contributed by atoms with E-state index in [0.29, 0.717) is 5.02 Å². The van der Waals surface area contributed by atoms with Crippen LogP contribution >= 0.6 is 11.6 Å². The molecule has 0 heterocycles. The number of carbonyl (C=O) groups is 1. The molecule has 0 bridgehead atoms. The van der Waals surface area contributed by atoms with Crippen molar-refractivity contribution in [3.05, 3.63) is 34.9 Å². The maximum absolute atomic E-state index is 10.9. The van der Waals surface area contributed by atoms with Crippen LogP contribution in [0.5, 0.6) is 0 Å². The summed E-state index contributed by atoms with van der Waals surface area (Å²) in [6.45, 7) is 1.01. The first-order valence-electron chi connectivity index (χ1n) is 6.71. The summed E-state index contributed by atoms with van der Waals surface area (Å²) in [7, 11) is 1.34. The second kappa shape index (κ2) is 8.56. The predicted octanol–water partition coefficient (Wildman–Crippen LogP) is 1.16. The highest BCUT2D eigenvalue weighted by molar-refractivity contribution is 6.30. The van der Waals surface area contributed by atoms with Crippen LogP contribution in [0, 0.1) is 0 Å². The highest BCUT2D eigenvalue weighted by Gasteiger charge is 2.26. The number of methoxy groups -OCH3 is 1. The molecule has 5 N–H and O–H groups in total. The second-order valence-electron chi connectivity index (χ2n) is 4.94. The number of nitrogens with one attached hydrogen (secondary N) is 1. The lowest BCUT2D eigenvalue weighted by Gasteiger charge is -2.24. The van der Waals surface area contributed by atoms with E-state index >= 15 is 0 Å². The molecule has 0 radical (unpaired) electrons. The number of hydrogen-bond acceptors (Lipinski definition) is 5. The molecule has 1 rings (SSSR count). The monoisotopic (exact) mass is 345 g/mol. The highest BCUT2D eigenvalue weighted by atomic mass is 35.5. The molecule has 0 aliphatic carbocycles. The van der Waals surface area contributed by atoms with Crippen molar-refractivity contribution in [1.82, 2.24) is 5.32 Å². The number of aliphatic hydroxyl groups excluding tert-OH is 1. The van der Waals surface area contributed by atoms with Crippen LogP contribution in [0.3, 0.4) is 0 Å². The normalized spacial score (nSPS) is 15.6. The molecule has 9 heteroatoms. The zero-order valence-electron chi connectivity index (χ0n) is 12.8. The number of amides is 1. The van der Waals surface area contributed by atoms with Gasteiger partial charge in [-0.15, -0.1) is 0 Å². The number of hydrogen-bond donors (Lipinski definition) is 4. The largest absolute Gasteiger partial charge is 0.465 e. The van der Waals surface area contributed by atoms with Gasteiger partial charge >= 0.3 is 6.09 Å². The van der Waals surface area contributed by atoms with Gasteiger partial charge in [-0.1, -0.05) is 28.9 Å². The Kier molecular flexibility index (Phi) is 7.08. The number of aliphatic hydroxyl groups is 1. The molecular formula is C14H20ClN3O5. The third-order valence-corrected chi connectivity index (χ3v) is 3.32. The van der Waals surface area contributed by atoms with Gasteiger partial charge in [-0.2, -0.15) is 0 Å². The molecular weight excluding hydrogens is 326 g/mol. The zero-order chi connectivity index (χ0) is 17.5. The number of benzene rings is 1. The molecule has 0 saturated heterocycles. The number of carboxylic acid groups (broad SMARTS) is 1. The van der Waals surface area contributed by atoms with Gasteiger partial charge in [-0.3, -0.25) is 0 Å². The Hall–Kier alpha value is -2.03. The van der Waals surface area contributed by atoms with Crippen LogP contribution in [0.25, 0.3) is 0 Å². The minimum Gasteiger partial charge on any atom is -0.465 e. The van der Waals surface area contributed by atoms with Crippen molar-refractivity contribution >= 4 is 23.5 Å². The van der Waals surface area contributed by atoms with Gasteiger partial charge in [0, 0.05) is 25.5 Å². The van der Waals surface area contributed by atoms with Crippen molar-refractivity contribution in [1.29, 1.82) is 0 Å². The fourth-order valence-electron chi connectivity index (χ4n) is 1.58. The van der Waals surface area contributed by atoms with Gasteiger partial charge in [0.2, 0.25) is 0 Å². The number of oxime groups is 1. The van der Waals surface area contributed by atoms with E-state index in [9.17, 15) is 4.79 Å². The third kappa shape index (κ3) is 6.31. The lowest BCUT2D eigenvalue weighted by atomic mass is 10.1. The van der Waals surface area contributed by atoms with E-state index in [4.69, 9.17) is 37.1 Å². The number of rotatable bonds is 8. The van der Waals surface area contributed by atoms with Gasteiger partial charge in [0.05, 0.1) is 6.04 Å². The van der Waals surface area contributed by atoms with Crippen LogP contribution in [0.1, 0.15) is 12.5 Å². The molecule has 0 aliphatic heterocycles. The summed E-state index contributed by atoms with van der Waals surface area (Å²) in [4.78, 5) is 16.0. The van der Waals surface area contributed by atoms with Crippen LogP contribution in [-0.2, 0) is 16.0 Å². The lowest BCUT2D eigenvalue weighted by Crippen LogP contribution is -2.46. The van der Waals surface area contributed by atoms with Gasteiger partial charge in [0.25, 0.3) is 5.79 Å². The minimum atomic E-state index is -1.36. The Morgan fingerprint density at radius 3 is 2.57 bits per heavy atom.